The quantitative estimate of drug-likeness (QED) is 0.139. The van der Waals surface area contributed by atoms with Gasteiger partial charge in [0.05, 0.1) is 17.4 Å². The van der Waals surface area contributed by atoms with Crippen LogP contribution in [0.2, 0.25) is 0 Å². The number of aliphatic hydroxyl groups is 2. The summed E-state index contributed by atoms with van der Waals surface area (Å²) >= 11 is 2.94. The maximum atomic E-state index is 13.3. The molecule has 0 aliphatic carbocycles. The van der Waals surface area contributed by atoms with E-state index in [1.165, 1.54) is 0 Å². The van der Waals surface area contributed by atoms with Crippen LogP contribution in [0, 0.1) is 0 Å². The van der Waals surface area contributed by atoms with E-state index in [0.29, 0.717) is 36.1 Å². The van der Waals surface area contributed by atoms with Crippen molar-refractivity contribution in [1.82, 2.24) is 0 Å². The van der Waals surface area contributed by atoms with Crippen molar-refractivity contribution in [3.05, 3.63) is 113 Å². The van der Waals surface area contributed by atoms with Crippen LogP contribution in [0.4, 0.5) is 26.3 Å². The number of alkyl halides is 7. The lowest BCUT2D eigenvalue weighted by atomic mass is 9.84. The number of carbonyl (C=O) groups is 1. The zero-order valence-corrected chi connectivity index (χ0v) is 20.7. The van der Waals surface area contributed by atoms with E-state index in [9.17, 15) is 41.4 Å². The first-order valence-electron chi connectivity index (χ1n) is 10.4. The van der Waals surface area contributed by atoms with Gasteiger partial charge < -0.3 is 14.9 Å². The number of benzene rings is 3. The van der Waals surface area contributed by atoms with Gasteiger partial charge in [-0.1, -0.05) is 70.5 Å². The molecule has 3 rings (SSSR count). The number of halogens is 7. The second-order valence-electron chi connectivity index (χ2n) is 7.46. The van der Waals surface area contributed by atoms with Crippen molar-refractivity contribution in [2.75, 3.05) is 12.4 Å². The van der Waals surface area contributed by atoms with Gasteiger partial charge in [0, 0.05) is 16.7 Å². The van der Waals surface area contributed by atoms with Crippen molar-refractivity contribution >= 4 is 27.5 Å². The second kappa shape index (κ2) is 12.3. The molecule has 0 heterocycles. The fraction of sp³-hybridized carbons (Fsp3) is 0.192. The van der Waals surface area contributed by atoms with Crippen LogP contribution in [0.3, 0.4) is 0 Å². The summed E-state index contributed by atoms with van der Waals surface area (Å²) in [5, 5.41) is 20.9. The van der Waals surface area contributed by atoms with Gasteiger partial charge in [0.25, 0.3) is 0 Å². The molecule has 0 amide bonds. The van der Waals surface area contributed by atoms with Gasteiger partial charge in [-0.15, -0.1) is 0 Å². The lowest BCUT2D eigenvalue weighted by Crippen LogP contribution is -2.39. The molecule has 0 atom stereocenters. The zero-order valence-electron chi connectivity index (χ0n) is 19.1. The van der Waals surface area contributed by atoms with E-state index in [2.05, 4.69) is 15.9 Å². The molecule has 0 aliphatic heterocycles. The third-order valence-corrected chi connectivity index (χ3v) is 5.17. The highest BCUT2D eigenvalue weighted by Crippen LogP contribution is 2.38. The van der Waals surface area contributed by atoms with E-state index in [0.717, 1.165) is 24.3 Å². The molecular weight excluding hydrogens is 570 g/mol. The predicted molar refractivity (Wildman–Crippen MR) is 129 cm³/mol. The van der Waals surface area contributed by atoms with Crippen molar-refractivity contribution in [3.8, 4) is 0 Å². The standard InChI is InChI=1S/C25H18F6O4.CH3Br/c26-24(27,28)20-10-4-8-18(12-20)23(34,19-9-5-11-21(13-19)25(29,30)31)22(33)35-15-17(14-32)16-6-2-1-3-7-16;1-2/h1-14,32,34H,15H2;1H3. The summed E-state index contributed by atoms with van der Waals surface area (Å²) in [5.74, 6) is 0.277. The van der Waals surface area contributed by atoms with Crippen LogP contribution >= 0.6 is 15.9 Å². The summed E-state index contributed by atoms with van der Waals surface area (Å²) in [4.78, 5) is 13.1. The van der Waals surface area contributed by atoms with E-state index in [4.69, 9.17) is 4.74 Å². The lowest BCUT2D eigenvalue weighted by Gasteiger charge is -2.28. The highest BCUT2D eigenvalue weighted by Gasteiger charge is 2.44. The molecule has 2 N–H and O–H groups in total. The molecule has 0 aromatic heterocycles. The van der Waals surface area contributed by atoms with Crippen LogP contribution < -0.4 is 0 Å². The topological polar surface area (TPSA) is 66.8 Å². The summed E-state index contributed by atoms with van der Waals surface area (Å²) in [7, 11) is 0. The average Bonchev–Trinajstić information content (AvgIpc) is 2.89. The van der Waals surface area contributed by atoms with Crippen molar-refractivity contribution in [3.63, 3.8) is 0 Å². The van der Waals surface area contributed by atoms with E-state index < -0.39 is 52.8 Å². The summed E-state index contributed by atoms with van der Waals surface area (Å²) < 4.78 is 84.8. The van der Waals surface area contributed by atoms with Crippen LogP contribution in [0.1, 0.15) is 27.8 Å². The van der Waals surface area contributed by atoms with E-state index in [-0.39, 0.29) is 5.57 Å². The number of hydrogen-bond donors (Lipinski definition) is 2. The zero-order chi connectivity index (χ0) is 27.9. The molecule has 198 valence electrons. The van der Waals surface area contributed by atoms with Gasteiger partial charge in [-0.2, -0.15) is 26.3 Å². The first-order chi connectivity index (χ1) is 17.4. The smallest absolute Gasteiger partial charge is 0.416 e. The van der Waals surface area contributed by atoms with Crippen LogP contribution in [0.5, 0.6) is 0 Å². The first kappa shape index (κ1) is 29.9. The largest absolute Gasteiger partial charge is 0.515 e. The lowest BCUT2D eigenvalue weighted by molar-refractivity contribution is -0.161. The Morgan fingerprint density at radius 3 is 1.62 bits per heavy atom. The van der Waals surface area contributed by atoms with E-state index in [1.807, 2.05) is 5.83 Å². The van der Waals surface area contributed by atoms with Crippen LogP contribution in [0.25, 0.3) is 5.57 Å². The number of rotatable bonds is 6. The summed E-state index contributed by atoms with van der Waals surface area (Å²) in [6, 6.07) is 14.1. The van der Waals surface area contributed by atoms with Crippen LogP contribution in [0.15, 0.2) is 85.1 Å². The average molecular weight is 591 g/mol. The molecule has 0 radical (unpaired) electrons. The minimum Gasteiger partial charge on any atom is -0.515 e. The van der Waals surface area contributed by atoms with Crippen LogP contribution in [-0.4, -0.2) is 28.6 Å². The maximum absolute atomic E-state index is 13.3. The summed E-state index contributed by atoms with van der Waals surface area (Å²) in [6.45, 7) is -0.625. The number of aliphatic hydroxyl groups excluding tert-OH is 1. The number of ether oxygens (including phenoxy) is 1. The highest BCUT2D eigenvalue weighted by atomic mass is 79.9. The SMILES string of the molecule is CBr.O=C(OCC(=CO)c1ccccc1)C(O)(c1cccc(C(F)(F)F)c1)c1cccc(C(F)(F)F)c1. The van der Waals surface area contributed by atoms with Gasteiger partial charge in [-0.05, 0) is 35.7 Å². The Bertz CT molecular complexity index is 1170. The van der Waals surface area contributed by atoms with Crippen molar-refractivity contribution in [2.24, 2.45) is 0 Å². The Hall–Kier alpha value is -3.31. The molecule has 37 heavy (non-hydrogen) atoms. The Morgan fingerprint density at radius 1 is 0.784 bits per heavy atom. The molecule has 0 fully saturated rings. The number of carbonyl (C=O) groups excluding carboxylic acids is 1. The minimum atomic E-state index is -4.85. The van der Waals surface area contributed by atoms with Crippen molar-refractivity contribution < 1.29 is 46.1 Å². The molecule has 11 heteroatoms. The molecule has 3 aromatic carbocycles. The minimum absolute atomic E-state index is 0.0781. The van der Waals surface area contributed by atoms with Crippen molar-refractivity contribution in [1.29, 1.82) is 0 Å². The molecule has 0 saturated carbocycles. The Labute approximate surface area is 217 Å². The van der Waals surface area contributed by atoms with Gasteiger partial charge >= 0.3 is 18.3 Å². The van der Waals surface area contributed by atoms with Gasteiger partial charge in [-0.25, -0.2) is 4.79 Å². The van der Waals surface area contributed by atoms with Gasteiger partial charge in [-0.3, -0.25) is 0 Å². The first-order valence-corrected chi connectivity index (χ1v) is 12.0. The van der Waals surface area contributed by atoms with Gasteiger partial charge in [0.15, 0.2) is 0 Å². The third kappa shape index (κ3) is 7.14. The number of esters is 1. The Kier molecular flexibility index (Phi) is 9.93. The third-order valence-electron chi connectivity index (χ3n) is 5.17. The van der Waals surface area contributed by atoms with Crippen molar-refractivity contribution in [2.45, 2.75) is 18.0 Å². The van der Waals surface area contributed by atoms with Crippen LogP contribution in [-0.2, 0) is 27.5 Å². The molecular formula is C26H21BrF6O4. The Balaban J connectivity index is 0.00000235. The summed E-state index contributed by atoms with van der Waals surface area (Å²) in [6.07, 6.45) is -9.07. The monoisotopic (exact) mass is 590 g/mol. The normalized spacial score (nSPS) is 12.4. The molecule has 0 bridgehead atoms. The fourth-order valence-corrected chi connectivity index (χ4v) is 3.34. The molecule has 0 aliphatic rings. The fourth-order valence-electron chi connectivity index (χ4n) is 3.34. The van der Waals surface area contributed by atoms with E-state index in [1.54, 1.807) is 30.3 Å². The predicted octanol–water partition coefficient (Wildman–Crippen LogP) is 7.11. The van der Waals surface area contributed by atoms with Gasteiger partial charge in [0.2, 0.25) is 5.60 Å². The molecule has 4 nitrogen and oxygen atoms in total. The number of hydrogen-bond acceptors (Lipinski definition) is 4. The van der Waals surface area contributed by atoms with E-state index >= 15 is 0 Å². The maximum Gasteiger partial charge on any atom is 0.416 e. The summed E-state index contributed by atoms with van der Waals surface area (Å²) in [5.41, 5.74) is -6.27. The highest BCUT2D eigenvalue weighted by molar-refractivity contribution is 9.08. The molecule has 0 unspecified atom stereocenters. The van der Waals surface area contributed by atoms with Gasteiger partial charge in [0.1, 0.15) is 6.61 Å². The molecule has 0 spiro atoms. The molecule has 3 aromatic rings. The Morgan fingerprint density at radius 2 is 1.22 bits per heavy atom. The molecule has 0 saturated heterocycles. The second-order valence-corrected chi connectivity index (χ2v) is 7.46.